The first kappa shape index (κ1) is 17.6. The highest BCUT2D eigenvalue weighted by atomic mass is 32.2. The van der Waals surface area contributed by atoms with E-state index in [1.807, 2.05) is 11.8 Å². The molecule has 25 heavy (non-hydrogen) atoms. The molecule has 0 bridgehead atoms. The van der Waals surface area contributed by atoms with Crippen LogP contribution in [0, 0.1) is 6.92 Å². The minimum atomic E-state index is -3.69. The van der Waals surface area contributed by atoms with E-state index in [1.165, 1.54) is 12.1 Å². The molecule has 0 atom stereocenters. The van der Waals surface area contributed by atoms with Crippen LogP contribution in [0.5, 0.6) is 0 Å². The molecule has 7 nitrogen and oxygen atoms in total. The van der Waals surface area contributed by atoms with E-state index in [-0.39, 0.29) is 10.7 Å². The maximum Gasteiger partial charge on any atom is 0.263 e. The molecule has 2 N–H and O–H groups in total. The maximum atomic E-state index is 12.4. The zero-order chi connectivity index (χ0) is 18.1. The van der Waals surface area contributed by atoms with Gasteiger partial charge in [-0.05, 0) is 38.8 Å². The highest BCUT2D eigenvalue weighted by molar-refractivity contribution is 7.92. The lowest BCUT2D eigenvalue weighted by molar-refractivity contribution is 0.0350. The van der Waals surface area contributed by atoms with Crippen molar-refractivity contribution in [3.8, 4) is 0 Å². The second-order valence-corrected chi connectivity index (χ2v) is 8.25. The van der Waals surface area contributed by atoms with Crippen LogP contribution in [-0.4, -0.2) is 42.2 Å². The van der Waals surface area contributed by atoms with Gasteiger partial charge in [0.25, 0.3) is 10.0 Å². The molecular formula is C17H22N4O3S. The SMILES string of the molecule is Cc1nc(N2CCC(C)(O)CC2)cnc1NS(=O)(=O)c1ccccc1. The highest BCUT2D eigenvalue weighted by Crippen LogP contribution is 2.25. The first-order valence-corrected chi connectivity index (χ1v) is 9.64. The molecule has 0 spiro atoms. The predicted molar refractivity (Wildman–Crippen MR) is 96.1 cm³/mol. The van der Waals surface area contributed by atoms with Gasteiger partial charge < -0.3 is 10.0 Å². The van der Waals surface area contributed by atoms with Crippen LogP contribution < -0.4 is 9.62 Å². The van der Waals surface area contributed by atoms with E-state index in [1.54, 1.807) is 31.3 Å². The summed E-state index contributed by atoms with van der Waals surface area (Å²) in [6.07, 6.45) is 2.89. The number of aryl methyl sites for hydroxylation is 1. The van der Waals surface area contributed by atoms with Gasteiger partial charge in [-0.25, -0.2) is 18.4 Å². The van der Waals surface area contributed by atoms with E-state index < -0.39 is 15.6 Å². The number of rotatable bonds is 4. The van der Waals surface area contributed by atoms with Crippen molar-refractivity contribution in [2.24, 2.45) is 0 Å². The monoisotopic (exact) mass is 362 g/mol. The molecule has 1 aromatic carbocycles. The minimum absolute atomic E-state index is 0.179. The fraction of sp³-hybridized carbons (Fsp3) is 0.412. The van der Waals surface area contributed by atoms with Crippen LogP contribution in [0.4, 0.5) is 11.6 Å². The smallest absolute Gasteiger partial charge is 0.263 e. The van der Waals surface area contributed by atoms with Crippen molar-refractivity contribution in [3.63, 3.8) is 0 Å². The first-order valence-electron chi connectivity index (χ1n) is 8.16. The molecule has 0 unspecified atom stereocenters. The Morgan fingerprint density at radius 3 is 2.44 bits per heavy atom. The average molecular weight is 362 g/mol. The van der Waals surface area contributed by atoms with Crippen molar-refractivity contribution in [1.29, 1.82) is 0 Å². The summed E-state index contributed by atoms with van der Waals surface area (Å²) < 4.78 is 27.3. The van der Waals surface area contributed by atoms with Gasteiger partial charge in [0.15, 0.2) is 5.82 Å². The Hall–Kier alpha value is -2.19. The van der Waals surface area contributed by atoms with E-state index in [4.69, 9.17) is 0 Å². The van der Waals surface area contributed by atoms with Gasteiger partial charge in [-0.1, -0.05) is 18.2 Å². The van der Waals surface area contributed by atoms with Gasteiger partial charge in [0.05, 0.1) is 22.4 Å². The number of nitrogens with zero attached hydrogens (tertiary/aromatic N) is 3. The normalized spacial score (nSPS) is 17.3. The fourth-order valence-electron chi connectivity index (χ4n) is 2.73. The molecular weight excluding hydrogens is 340 g/mol. The molecule has 1 aliphatic heterocycles. The summed E-state index contributed by atoms with van der Waals surface area (Å²) in [6, 6.07) is 8.15. The summed E-state index contributed by atoms with van der Waals surface area (Å²) in [6.45, 7) is 4.94. The third-order valence-electron chi connectivity index (χ3n) is 4.38. The molecule has 1 aliphatic rings. The first-order chi connectivity index (χ1) is 11.8. The van der Waals surface area contributed by atoms with Crippen molar-refractivity contribution >= 4 is 21.7 Å². The molecule has 0 radical (unpaired) electrons. The molecule has 8 heteroatoms. The van der Waals surface area contributed by atoms with Gasteiger partial charge in [0.1, 0.15) is 5.82 Å². The van der Waals surface area contributed by atoms with Gasteiger partial charge in [0.2, 0.25) is 0 Å². The molecule has 0 saturated carbocycles. The Bertz CT molecular complexity index is 843. The van der Waals surface area contributed by atoms with Gasteiger partial charge in [0, 0.05) is 13.1 Å². The lowest BCUT2D eigenvalue weighted by Gasteiger charge is -2.36. The van der Waals surface area contributed by atoms with E-state index in [0.717, 1.165) is 0 Å². The molecule has 0 aliphatic carbocycles. The zero-order valence-electron chi connectivity index (χ0n) is 14.3. The second kappa shape index (κ2) is 6.61. The van der Waals surface area contributed by atoms with Crippen molar-refractivity contribution in [1.82, 2.24) is 9.97 Å². The van der Waals surface area contributed by atoms with Crippen LogP contribution in [-0.2, 0) is 10.0 Å². The molecule has 3 rings (SSSR count). The van der Waals surface area contributed by atoms with Crippen LogP contribution >= 0.6 is 0 Å². The van der Waals surface area contributed by atoms with Crippen molar-refractivity contribution in [2.45, 2.75) is 37.2 Å². The Kier molecular flexibility index (Phi) is 4.66. The number of sulfonamides is 1. The minimum Gasteiger partial charge on any atom is -0.390 e. The third kappa shape index (κ3) is 4.08. The fourth-order valence-corrected chi connectivity index (χ4v) is 3.81. The van der Waals surface area contributed by atoms with E-state index in [0.29, 0.717) is 37.4 Å². The number of piperidine rings is 1. The third-order valence-corrected chi connectivity index (χ3v) is 5.74. The molecule has 1 saturated heterocycles. The van der Waals surface area contributed by atoms with E-state index in [9.17, 15) is 13.5 Å². The molecule has 1 aromatic heterocycles. The molecule has 1 fully saturated rings. The quantitative estimate of drug-likeness (QED) is 0.863. The van der Waals surface area contributed by atoms with Crippen LogP contribution in [0.1, 0.15) is 25.5 Å². The van der Waals surface area contributed by atoms with Crippen LogP contribution in [0.15, 0.2) is 41.4 Å². The standard InChI is InChI=1S/C17H22N4O3S/c1-13-16(20-25(23,24)14-6-4-3-5-7-14)18-12-15(19-13)21-10-8-17(2,22)9-11-21/h3-7,12,22H,8-11H2,1-2H3,(H,18,20). The Labute approximate surface area is 147 Å². The van der Waals surface area contributed by atoms with Gasteiger partial charge in [-0.15, -0.1) is 0 Å². The lowest BCUT2D eigenvalue weighted by Crippen LogP contribution is -2.42. The van der Waals surface area contributed by atoms with Crippen molar-refractivity contribution < 1.29 is 13.5 Å². The largest absolute Gasteiger partial charge is 0.390 e. The number of benzene rings is 1. The van der Waals surface area contributed by atoms with E-state index in [2.05, 4.69) is 14.7 Å². The van der Waals surface area contributed by atoms with Crippen LogP contribution in [0.2, 0.25) is 0 Å². The number of hydrogen-bond donors (Lipinski definition) is 2. The second-order valence-electron chi connectivity index (χ2n) is 6.56. The maximum absolute atomic E-state index is 12.4. The van der Waals surface area contributed by atoms with E-state index >= 15 is 0 Å². The Morgan fingerprint density at radius 2 is 1.84 bits per heavy atom. The summed E-state index contributed by atoms with van der Waals surface area (Å²) in [4.78, 5) is 10.9. The molecule has 0 amide bonds. The number of anilines is 2. The summed E-state index contributed by atoms with van der Waals surface area (Å²) in [5, 5.41) is 10.0. The number of aromatic nitrogens is 2. The van der Waals surface area contributed by atoms with Gasteiger partial charge >= 0.3 is 0 Å². The number of nitrogens with one attached hydrogen (secondary N) is 1. The highest BCUT2D eigenvalue weighted by Gasteiger charge is 2.28. The number of hydrogen-bond acceptors (Lipinski definition) is 6. The Balaban J connectivity index is 1.77. The average Bonchev–Trinajstić information content (AvgIpc) is 2.57. The van der Waals surface area contributed by atoms with Gasteiger partial charge in [-0.3, -0.25) is 4.72 Å². The van der Waals surface area contributed by atoms with Crippen molar-refractivity contribution in [3.05, 3.63) is 42.2 Å². The molecule has 2 aromatic rings. The van der Waals surface area contributed by atoms with Crippen molar-refractivity contribution in [2.75, 3.05) is 22.7 Å². The zero-order valence-corrected chi connectivity index (χ0v) is 15.1. The predicted octanol–water partition coefficient (Wildman–Crippen LogP) is 1.94. The summed E-state index contributed by atoms with van der Waals surface area (Å²) in [7, 11) is -3.69. The Morgan fingerprint density at radius 1 is 1.20 bits per heavy atom. The summed E-state index contributed by atoms with van der Waals surface area (Å²) in [5.74, 6) is 0.910. The van der Waals surface area contributed by atoms with Crippen LogP contribution in [0.25, 0.3) is 0 Å². The lowest BCUT2D eigenvalue weighted by atomic mass is 9.94. The molecule has 2 heterocycles. The van der Waals surface area contributed by atoms with Crippen LogP contribution in [0.3, 0.4) is 0 Å². The molecule has 134 valence electrons. The summed E-state index contributed by atoms with van der Waals surface area (Å²) >= 11 is 0. The number of aliphatic hydroxyl groups is 1. The summed E-state index contributed by atoms with van der Waals surface area (Å²) in [5.41, 5.74) is -0.126. The van der Waals surface area contributed by atoms with Gasteiger partial charge in [-0.2, -0.15) is 0 Å². The topological polar surface area (TPSA) is 95.4 Å².